The van der Waals surface area contributed by atoms with Gasteiger partial charge in [-0.05, 0) is 54.9 Å². The largest absolute Gasteiger partial charge is 2.00 e. The number of unbranched alkanes of at least 4 members (excludes halogenated alkanes) is 4. The SMILES string of the molecule is CC(C)(C)CCCCCC(=O)[O-].CC(C)(C)CCCCCC(=O)[O-].OCc1ccccc1.[Mn+2]. The summed E-state index contributed by atoms with van der Waals surface area (Å²) in [5, 5.41) is 28.6. The number of benzene rings is 1. The molecular weight excluding hydrogens is 459 g/mol. The quantitative estimate of drug-likeness (QED) is 0.349. The zero-order valence-electron chi connectivity index (χ0n) is 21.6. The maximum absolute atomic E-state index is 10.0. The molecule has 0 aliphatic rings. The van der Waals surface area contributed by atoms with E-state index in [0.717, 1.165) is 44.1 Å². The van der Waals surface area contributed by atoms with Crippen molar-refractivity contribution in [2.45, 2.75) is 112 Å². The zero-order chi connectivity index (χ0) is 25.0. The van der Waals surface area contributed by atoms with Crippen LogP contribution in [0, 0.1) is 10.8 Å². The number of rotatable bonds is 11. The van der Waals surface area contributed by atoms with Crippen LogP contribution >= 0.6 is 0 Å². The minimum Gasteiger partial charge on any atom is -0.550 e. The molecule has 6 heteroatoms. The maximum Gasteiger partial charge on any atom is 2.00 e. The van der Waals surface area contributed by atoms with E-state index in [2.05, 4.69) is 41.5 Å². The molecule has 1 aromatic carbocycles. The van der Waals surface area contributed by atoms with Crippen molar-refractivity contribution in [3.63, 3.8) is 0 Å². The topological polar surface area (TPSA) is 100 Å². The van der Waals surface area contributed by atoms with Crippen LogP contribution in [0.1, 0.15) is 111 Å². The van der Waals surface area contributed by atoms with Crippen molar-refractivity contribution in [1.82, 2.24) is 0 Å². The fraction of sp³-hybridized carbons (Fsp3) is 0.704. The van der Waals surface area contributed by atoms with Gasteiger partial charge in [0.2, 0.25) is 0 Å². The van der Waals surface area contributed by atoms with Gasteiger partial charge in [-0.2, -0.15) is 0 Å². The number of aliphatic hydroxyl groups excluding tert-OH is 1. The molecule has 0 aliphatic carbocycles. The number of aliphatic carboxylic acids is 2. The summed E-state index contributed by atoms with van der Waals surface area (Å²) >= 11 is 0. The molecule has 0 fully saturated rings. The number of hydrogen-bond acceptors (Lipinski definition) is 5. The van der Waals surface area contributed by atoms with Crippen LogP contribution in [-0.4, -0.2) is 17.0 Å². The van der Waals surface area contributed by atoms with Crippen molar-refractivity contribution < 1.29 is 42.0 Å². The van der Waals surface area contributed by atoms with Gasteiger partial charge < -0.3 is 24.9 Å². The van der Waals surface area contributed by atoms with Crippen molar-refractivity contribution in [2.75, 3.05) is 0 Å². The second-order valence-corrected chi connectivity index (χ2v) is 10.6. The van der Waals surface area contributed by atoms with E-state index in [-0.39, 0.29) is 36.5 Å². The molecule has 0 saturated carbocycles. The first-order valence-electron chi connectivity index (χ1n) is 11.8. The minimum atomic E-state index is -0.925. The fourth-order valence-corrected chi connectivity index (χ4v) is 2.79. The summed E-state index contributed by atoms with van der Waals surface area (Å²) < 4.78 is 0. The summed E-state index contributed by atoms with van der Waals surface area (Å²) in [6, 6.07) is 9.52. The third-order valence-corrected chi connectivity index (χ3v) is 4.64. The van der Waals surface area contributed by atoms with E-state index in [1.165, 1.54) is 12.8 Å². The monoisotopic (exact) mass is 505 g/mol. The number of aliphatic hydroxyl groups is 1. The van der Waals surface area contributed by atoms with E-state index < -0.39 is 11.9 Å². The number of hydrogen-bond donors (Lipinski definition) is 1. The number of carboxylic acids is 2. The van der Waals surface area contributed by atoms with Crippen molar-refractivity contribution in [3.8, 4) is 0 Å². The molecule has 1 radical (unpaired) electrons. The van der Waals surface area contributed by atoms with Crippen molar-refractivity contribution in [3.05, 3.63) is 35.9 Å². The molecule has 1 rings (SSSR count). The summed E-state index contributed by atoms with van der Waals surface area (Å²) in [7, 11) is 0. The molecule has 0 atom stereocenters. The molecule has 0 heterocycles. The Morgan fingerprint density at radius 2 is 1.06 bits per heavy atom. The second-order valence-electron chi connectivity index (χ2n) is 10.6. The van der Waals surface area contributed by atoms with Crippen LogP contribution in [0.15, 0.2) is 30.3 Å². The molecule has 0 unspecified atom stereocenters. The number of carboxylic acid groups (broad SMARTS) is 2. The average Bonchev–Trinajstić information content (AvgIpc) is 2.67. The molecule has 1 aromatic rings. The van der Waals surface area contributed by atoms with Gasteiger partial charge in [-0.1, -0.05) is 97.6 Å². The Morgan fingerprint density at radius 3 is 1.30 bits per heavy atom. The first-order valence-corrected chi connectivity index (χ1v) is 11.8. The van der Waals surface area contributed by atoms with E-state index in [1.54, 1.807) is 0 Å². The second kappa shape index (κ2) is 21.2. The predicted molar refractivity (Wildman–Crippen MR) is 127 cm³/mol. The van der Waals surface area contributed by atoms with Crippen LogP contribution in [0.2, 0.25) is 0 Å². The first kappa shape index (κ1) is 36.2. The van der Waals surface area contributed by atoms with E-state index in [4.69, 9.17) is 5.11 Å². The molecule has 0 bridgehead atoms. The number of carbonyl (C=O) groups excluding carboxylic acids is 2. The van der Waals surface area contributed by atoms with Gasteiger partial charge in [0, 0.05) is 11.9 Å². The molecule has 5 nitrogen and oxygen atoms in total. The number of carbonyl (C=O) groups is 2. The Hall–Kier alpha value is -1.36. The summed E-state index contributed by atoms with van der Waals surface area (Å²) in [6.07, 6.45) is 8.54. The third-order valence-electron chi connectivity index (χ3n) is 4.64. The molecule has 0 saturated heterocycles. The molecule has 0 spiro atoms. The van der Waals surface area contributed by atoms with Gasteiger partial charge in [0.25, 0.3) is 0 Å². The molecular formula is C27H46MnO5. The minimum absolute atomic E-state index is 0. The molecule has 0 amide bonds. The van der Waals surface area contributed by atoms with Crippen LogP contribution in [0.25, 0.3) is 0 Å². The molecule has 191 valence electrons. The normalized spacial score (nSPS) is 10.6. The molecule has 33 heavy (non-hydrogen) atoms. The molecule has 0 aliphatic heterocycles. The Kier molecular flexibility index (Phi) is 23.3. The molecule has 0 aromatic heterocycles. The summed E-state index contributed by atoms with van der Waals surface area (Å²) in [5.74, 6) is -1.85. The van der Waals surface area contributed by atoms with Gasteiger partial charge in [-0.15, -0.1) is 0 Å². The Labute approximate surface area is 212 Å². The van der Waals surface area contributed by atoms with Gasteiger partial charge in [-0.25, -0.2) is 0 Å². The van der Waals surface area contributed by atoms with Gasteiger partial charge >= 0.3 is 17.1 Å². The van der Waals surface area contributed by atoms with Gasteiger partial charge in [0.1, 0.15) is 0 Å². The Morgan fingerprint density at radius 1 is 0.697 bits per heavy atom. The summed E-state index contributed by atoms with van der Waals surface area (Å²) in [6.45, 7) is 13.3. The first-order chi connectivity index (χ1) is 14.8. The van der Waals surface area contributed by atoms with E-state index in [0.29, 0.717) is 10.8 Å². The van der Waals surface area contributed by atoms with E-state index in [1.807, 2.05) is 30.3 Å². The molecule has 1 N–H and O–H groups in total. The van der Waals surface area contributed by atoms with Crippen LogP contribution in [0.5, 0.6) is 0 Å². The summed E-state index contributed by atoms with van der Waals surface area (Å²) in [5.41, 5.74) is 1.72. The van der Waals surface area contributed by atoms with Crippen molar-refractivity contribution >= 4 is 11.9 Å². The average molecular weight is 506 g/mol. The summed E-state index contributed by atoms with van der Waals surface area (Å²) in [4.78, 5) is 20.1. The Balaban J connectivity index is -0.000000410. The van der Waals surface area contributed by atoms with Gasteiger partial charge in [0.05, 0.1) is 6.61 Å². The van der Waals surface area contributed by atoms with Crippen LogP contribution in [0.4, 0.5) is 0 Å². The van der Waals surface area contributed by atoms with Crippen LogP contribution in [0.3, 0.4) is 0 Å². The van der Waals surface area contributed by atoms with Crippen molar-refractivity contribution in [1.29, 1.82) is 0 Å². The predicted octanol–water partition coefficient (Wildman–Crippen LogP) is 4.64. The Bertz CT molecular complexity index is 555. The maximum atomic E-state index is 10.0. The van der Waals surface area contributed by atoms with Crippen molar-refractivity contribution in [2.24, 2.45) is 10.8 Å². The zero-order valence-corrected chi connectivity index (χ0v) is 22.8. The van der Waals surface area contributed by atoms with Gasteiger partial charge in [-0.3, -0.25) is 0 Å². The van der Waals surface area contributed by atoms with E-state index >= 15 is 0 Å². The van der Waals surface area contributed by atoms with Crippen LogP contribution in [-0.2, 0) is 33.3 Å². The van der Waals surface area contributed by atoms with Gasteiger partial charge in [0.15, 0.2) is 0 Å². The van der Waals surface area contributed by atoms with E-state index in [9.17, 15) is 19.8 Å². The third kappa shape index (κ3) is 35.4. The standard InChI is InChI=1S/2C10H20O2.C7H8O.Mn/c2*1-10(2,3)8-6-4-5-7-9(11)12;8-6-7-4-2-1-3-5-7;/h2*4-8H2,1-3H3,(H,11,12);1-5,8H,6H2;/q;;;+2/p-2. The smallest absolute Gasteiger partial charge is 0.550 e. The van der Waals surface area contributed by atoms with Crippen LogP contribution < -0.4 is 10.2 Å². The fourth-order valence-electron chi connectivity index (χ4n) is 2.79.